The number of carboxylic acids is 1. The molecule has 1 aromatic carbocycles. The van der Waals surface area contributed by atoms with Gasteiger partial charge in [0.15, 0.2) is 0 Å². The van der Waals surface area contributed by atoms with Crippen molar-refractivity contribution in [2.75, 3.05) is 25.0 Å². The van der Waals surface area contributed by atoms with E-state index >= 15 is 0 Å². The summed E-state index contributed by atoms with van der Waals surface area (Å²) in [6, 6.07) is 4.98. The van der Waals surface area contributed by atoms with E-state index in [1.807, 2.05) is 11.8 Å². The van der Waals surface area contributed by atoms with Gasteiger partial charge in [0.25, 0.3) is 0 Å². The van der Waals surface area contributed by atoms with Crippen LogP contribution < -0.4 is 10.2 Å². The van der Waals surface area contributed by atoms with Gasteiger partial charge in [0.2, 0.25) is 5.91 Å². The quantitative estimate of drug-likeness (QED) is 0.839. The molecule has 0 radical (unpaired) electrons. The first-order valence-electron chi connectivity index (χ1n) is 5.98. The molecule has 19 heavy (non-hydrogen) atoms. The number of aromatic carboxylic acids is 1. The Labute approximate surface area is 120 Å². The first-order chi connectivity index (χ1) is 8.99. The van der Waals surface area contributed by atoms with Gasteiger partial charge in [-0.1, -0.05) is 6.92 Å². The van der Waals surface area contributed by atoms with E-state index in [-0.39, 0.29) is 18.0 Å². The van der Waals surface area contributed by atoms with Crippen LogP contribution in [0.5, 0.6) is 0 Å². The molecular formula is C13H17BrN2O3. The minimum Gasteiger partial charge on any atom is -0.478 e. The van der Waals surface area contributed by atoms with Crippen molar-refractivity contribution in [1.29, 1.82) is 0 Å². The maximum atomic E-state index is 11.5. The van der Waals surface area contributed by atoms with Crippen LogP contribution in [0.2, 0.25) is 0 Å². The van der Waals surface area contributed by atoms with Gasteiger partial charge in [-0.2, -0.15) is 0 Å². The highest BCUT2D eigenvalue weighted by atomic mass is 79.9. The second kappa shape index (κ2) is 7.13. The Bertz CT molecular complexity index is 477. The zero-order valence-electron chi connectivity index (χ0n) is 10.9. The lowest BCUT2D eigenvalue weighted by Gasteiger charge is -2.23. The second-order valence-corrected chi connectivity index (χ2v) is 4.92. The maximum absolute atomic E-state index is 11.5. The molecule has 2 N–H and O–H groups in total. The summed E-state index contributed by atoms with van der Waals surface area (Å²) >= 11 is 3.24. The van der Waals surface area contributed by atoms with Crippen LogP contribution in [-0.2, 0) is 4.79 Å². The van der Waals surface area contributed by atoms with Crippen LogP contribution in [0.4, 0.5) is 5.69 Å². The lowest BCUT2D eigenvalue weighted by molar-refractivity contribution is -0.119. The summed E-state index contributed by atoms with van der Waals surface area (Å²) in [4.78, 5) is 24.3. The molecule has 0 atom stereocenters. The van der Waals surface area contributed by atoms with Crippen LogP contribution in [0.15, 0.2) is 22.7 Å². The van der Waals surface area contributed by atoms with E-state index < -0.39 is 5.97 Å². The van der Waals surface area contributed by atoms with E-state index in [1.54, 1.807) is 19.2 Å². The van der Waals surface area contributed by atoms with E-state index in [9.17, 15) is 9.59 Å². The van der Waals surface area contributed by atoms with Gasteiger partial charge in [-0.3, -0.25) is 4.79 Å². The average molecular weight is 329 g/mol. The molecular weight excluding hydrogens is 312 g/mol. The molecule has 6 heteroatoms. The monoisotopic (exact) mass is 328 g/mol. The molecule has 1 amide bonds. The summed E-state index contributed by atoms with van der Waals surface area (Å²) in [5, 5.41) is 11.6. The molecule has 0 saturated carbocycles. The lowest BCUT2D eigenvalue weighted by Crippen LogP contribution is -2.36. The number of carbonyl (C=O) groups excluding carboxylic acids is 1. The highest BCUT2D eigenvalue weighted by Crippen LogP contribution is 2.24. The van der Waals surface area contributed by atoms with Gasteiger partial charge in [0.05, 0.1) is 12.1 Å². The van der Waals surface area contributed by atoms with Crippen LogP contribution in [0.3, 0.4) is 0 Å². The molecule has 0 saturated heterocycles. The maximum Gasteiger partial charge on any atom is 0.336 e. The average Bonchev–Trinajstić information content (AvgIpc) is 2.37. The predicted octanol–water partition coefficient (Wildman–Crippen LogP) is 2.11. The number of hydrogen-bond donors (Lipinski definition) is 2. The Morgan fingerprint density at radius 1 is 1.42 bits per heavy atom. The summed E-state index contributed by atoms with van der Waals surface area (Å²) in [6.07, 6.45) is 0.898. The van der Waals surface area contributed by atoms with E-state index in [0.29, 0.717) is 4.47 Å². The molecule has 0 bridgehead atoms. The Morgan fingerprint density at radius 3 is 2.58 bits per heavy atom. The standard InChI is InChI=1S/C13H17BrN2O3/c1-3-6-16(8-12(17)15-2)9-4-5-10(13(18)19)11(14)7-9/h4-5,7H,3,6,8H2,1-2H3,(H,15,17)(H,18,19). The fourth-order valence-corrected chi connectivity index (χ4v) is 2.23. The number of halogens is 1. The molecule has 0 fully saturated rings. The smallest absolute Gasteiger partial charge is 0.336 e. The molecule has 1 aromatic rings. The molecule has 0 aliphatic carbocycles. The Balaban J connectivity index is 2.99. The molecule has 5 nitrogen and oxygen atoms in total. The molecule has 0 aliphatic heterocycles. The van der Waals surface area contributed by atoms with Crippen LogP contribution in [0.1, 0.15) is 23.7 Å². The fraction of sp³-hybridized carbons (Fsp3) is 0.385. The zero-order valence-corrected chi connectivity index (χ0v) is 12.5. The number of benzene rings is 1. The fourth-order valence-electron chi connectivity index (χ4n) is 1.70. The van der Waals surface area contributed by atoms with Gasteiger partial charge >= 0.3 is 5.97 Å². The van der Waals surface area contributed by atoms with Gasteiger partial charge in [-0.05, 0) is 40.5 Å². The van der Waals surface area contributed by atoms with Gasteiger partial charge in [-0.15, -0.1) is 0 Å². The van der Waals surface area contributed by atoms with Gasteiger partial charge in [-0.25, -0.2) is 4.79 Å². The van der Waals surface area contributed by atoms with E-state index in [4.69, 9.17) is 5.11 Å². The van der Waals surface area contributed by atoms with Crippen molar-refractivity contribution in [2.45, 2.75) is 13.3 Å². The minimum absolute atomic E-state index is 0.0770. The highest BCUT2D eigenvalue weighted by Gasteiger charge is 2.13. The van der Waals surface area contributed by atoms with E-state index in [1.165, 1.54) is 6.07 Å². The number of rotatable bonds is 6. The zero-order chi connectivity index (χ0) is 14.4. The molecule has 0 aliphatic rings. The number of likely N-dealkylation sites (N-methyl/N-ethyl adjacent to an activating group) is 1. The third-order valence-electron chi connectivity index (χ3n) is 2.66. The SMILES string of the molecule is CCCN(CC(=O)NC)c1ccc(C(=O)O)c(Br)c1. The topological polar surface area (TPSA) is 69.6 Å². The molecule has 0 heterocycles. The summed E-state index contributed by atoms with van der Waals surface area (Å²) in [6.45, 7) is 3.01. The number of nitrogens with zero attached hydrogens (tertiary/aromatic N) is 1. The van der Waals surface area contributed by atoms with Crippen molar-refractivity contribution >= 4 is 33.5 Å². The first-order valence-corrected chi connectivity index (χ1v) is 6.77. The third-order valence-corrected chi connectivity index (χ3v) is 3.31. The summed E-state index contributed by atoms with van der Waals surface area (Å²) < 4.78 is 0.510. The van der Waals surface area contributed by atoms with E-state index in [2.05, 4.69) is 21.2 Å². The van der Waals surface area contributed by atoms with E-state index in [0.717, 1.165) is 18.7 Å². The summed E-state index contributed by atoms with van der Waals surface area (Å²) in [7, 11) is 1.59. The van der Waals surface area contributed by atoms with Crippen molar-refractivity contribution in [3.8, 4) is 0 Å². The molecule has 1 rings (SSSR count). The van der Waals surface area contributed by atoms with Crippen molar-refractivity contribution < 1.29 is 14.7 Å². The number of carbonyl (C=O) groups is 2. The molecule has 0 unspecified atom stereocenters. The number of carboxylic acid groups (broad SMARTS) is 1. The van der Waals surface area contributed by atoms with Crippen LogP contribution in [0.25, 0.3) is 0 Å². The Hall–Kier alpha value is -1.56. The predicted molar refractivity (Wildman–Crippen MR) is 77.7 cm³/mol. The van der Waals surface area contributed by atoms with Gasteiger partial charge < -0.3 is 15.3 Å². The van der Waals surface area contributed by atoms with Gasteiger partial charge in [0.1, 0.15) is 0 Å². The lowest BCUT2D eigenvalue weighted by atomic mass is 10.2. The highest BCUT2D eigenvalue weighted by molar-refractivity contribution is 9.10. The minimum atomic E-state index is -0.980. The van der Waals surface area contributed by atoms with Crippen molar-refractivity contribution in [2.24, 2.45) is 0 Å². The second-order valence-electron chi connectivity index (χ2n) is 4.06. The van der Waals surface area contributed by atoms with Crippen LogP contribution >= 0.6 is 15.9 Å². The van der Waals surface area contributed by atoms with Crippen molar-refractivity contribution in [3.63, 3.8) is 0 Å². The number of amides is 1. The summed E-state index contributed by atoms with van der Waals surface area (Å²) in [5.74, 6) is -1.06. The number of anilines is 1. The van der Waals surface area contributed by atoms with Crippen LogP contribution in [0, 0.1) is 0 Å². The molecule has 104 valence electrons. The first kappa shape index (κ1) is 15.5. The number of nitrogens with one attached hydrogen (secondary N) is 1. The van der Waals surface area contributed by atoms with Crippen molar-refractivity contribution in [3.05, 3.63) is 28.2 Å². The van der Waals surface area contributed by atoms with Crippen LogP contribution in [-0.4, -0.2) is 37.1 Å². The molecule has 0 aromatic heterocycles. The largest absolute Gasteiger partial charge is 0.478 e. The Kier molecular flexibility index (Phi) is 5.82. The normalized spacial score (nSPS) is 10.1. The van der Waals surface area contributed by atoms with Gasteiger partial charge in [0, 0.05) is 23.8 Å². The number of hydrogen-bond acceptors (Lipinski definition) is 3. The third kappa shape index (κ3) is 4.24. The van der Waals surface area contributed by atoms with Crippen molar-refractivity contribution in [1.82, 2.24) is 5.32 Å². The molecule has 0 spiro atoms. The Morgan fingerprint density at radius 2 is 2.11 bits per heavy atom. The summed E-state index contributed by atoms with van der Waals surface area (Å²) in [5.41, 5.74) is 1.03.